The Balaban J connectivity index is 1.50. The predicted molar refractivity (Wildman–Crippen MR) is 113 cm³/mol. The number of hydrogen-bond donors (Lipinski definition) is 2. The largest absolute Gasteiger partial charge is 0.402 e. The van der Waals surface area contributed by atoms with Crippen LogP contribution in [0, 0.1) is 0 Å². The highest BCUT2D eigenvalue weighted by atomic mass is 32.2. The van der Waals surface area contributed by atoms with Gasteiger partial charge in [0.05, 0.1) is 23.1 Å². The Hall–Kier alpha value is -2.90. The van der Waals surface area contributed by atoms with E-state index in [9.17, 15) is 26.4 Å². The third-order valence-electron chi connectivity index (χ3n) is 5.76. The van der Waals surface area contributed by atoms with Crippen molar-refractivity contribution in [2.24, 2.45) is 0 Å². The Morgan fingerprint density at radius 2 is 2.09 bits per heavy atom. The molecule has 0 spiro atoms. The molecule has 1 unspecified atom stereocenters. The fourth-order valence-electron chi connectivity index (χ4n) is 4.31. The van der Waals surface area contributed by atoms with Crippen LogP contribution in [0.15, 0.2) is 40.2 Å². The maximum absolute atomic E-state index is 12.8. The number of alkyl halides is 3. The number of rotatable bonds is 4. The van der Waals surface area contributed by atoms with Crippen LogP contribution < -0.4 is 10.9 Å². The van der Waals surface area contributed by atoms with Crippen LogP contribution >= 0.6 is 0 Å². The molecule has 13 heteroatoms. The first kappa shape index (κ1) is 21.9. The van der Waals surface area contributed by atoms with Crippen molar-refractivity contribution < 1.29 is 26.3 Å². The number of aromatic nitrogens is 3. The average molecular weight is 483 g/mol. The zero-order valence-electron chi connectivity index (χ0n) is 17.2. The van der Waals surface area contributed by atoms with E-state index in [1.807, 2.05) is 0 Å². The minimum atomic E-state index is -4.65. The van der Waals surface area contributed by atoms with Crippen molar-refractivity contribution in [2.45, 2.75) is 36.5 Å². The van der Waals surface area contributed by atoms with Gasteiger partial charge in [0.25, 0.3) is 5.56 Å². The maximum Gasteiger partial charge on any atom is 0.402 e. The molecule has 0 aliphatic carbocycles. The van der Waals surface area contributed by atoms with Crippen LogP contribution in [0.25, 0.3) is 10.9 Å². The first-order valence-electron chi connectivity index (χ1n) is 10.3. The molecule has 2 N–H and O–H groups in total. The Morgan fingerprint density at radius 3 is 2.82 bits per heavy atom. The summed E-state index contributed by atoms with van der Waals surface area (Å²) in [5.74, 6) is 0.269. The van der Waals surface area contributed by atoms with Crippen LogP contribution in [0.5, 0.6) is 0 Å². The van der Waals surface area contributed by atoms with Crippen LogP contribution in [0.1, 0.15) is 24.4 Å². The van der Waals surface area contributed by atoms with E-state index in [0.29, 0.717) is 34.1 Å². The molecular weight excluding hydrogens is 463 g/mol. The number of halogens is 3. The number of aromatic amines is 1. The van der Waals surface area contributed by atoms with E-state index in [1.165, 1.54) is 24.4 Å². The van der Waals surface area contributed by atoms with Crippen molar-refractivity contribution in [1.82, 2.24) is 19.1 Å². The molecule has 9 nitrogen and oxygen atoms in total. The smallest absolute Gasteiger partial charge is 0.379 e. The van der Waals surface area contributed by atoms with Gasteiger partial charge in [0, 0.05) is 25.0 Å². The molecule has 5 rings (SSSR count). The van der Waals surface area contributed by atoms with Gasteiger partial charge in [0.15, 0.2) is 5.82 Å². The quantitative estimate of drug-likeness (QED) is 0.591. The van der Waals surface area contributed by atoms with E-state index in [2.05, 4.69) is 15.4 Å². The van der Waals surface area contributed by atoms with E-state index >= 15 is 0 Å². The number of sulfonamides is 1. The highest BCUT2D eigenvalue weighted by Crippen LogP contribution is 2.35. The summed E-state index contributed by atoms with van der Waals surface area (Å²) in [5.41, 5.74) is 0.921. The van der Waals surface area contributed by atoms with E-state index in [-0.39, 0.29) is 34.4 Å². The molecule has 1 fully saturated rings. The van der Waals surface area contributed by atoms with Gasteiger partial charge >= 0.3 is 6.18 Å². The van der Waals surface area contributed by atoms with Gasteiger partial charge in [0.1, 0.15) is 11.9 Å². The molecule has 2 aliphatic heterocycles. The van der Waals surface area contributed by atoms with E-state index in [1.54, 1.807) is 10.7 Å². The number of nitrogens with zero attached hydrogens (tertiary/aromatic N) is 3. The summed E-state index contributed by atoms with van der Waals surface area (Å²) in [6.45, 7) is -0.803. The van der Waals surface area contributed by atoms with Gasteiger partial charge < -0.3 is 15.0 Å². The topological polar surface area (TPSA) is 109 Å². The number of pyridine rings is 1. The number of anilines is 2. The molecule has 0 amide bonds. The van der Waals surface area contributed by atoms with Gasteiger partial charge in [-0.1, -0.05) is 0 Å². The molecule has 33 heavy (non-hydrogen) atoms. The van der Waals surface area contributed by atoms with Crippen molar-refractivity contribution >= 4 is 32.4 Å². The molecule has 1 saturated heterocycles. The van der Waals surface area contributed by atoms with Crippen LogP contribution in [0.3, 0.4) is 0 Å². The molecule has 1 aromatic carbocycles. The Kier molecular flexibility index (Phi) is 5.21. The third-order valence-corrected chi connectivity index (χ3v) is 7.65. The zero-order valence-corrected chi connectivity index (χ0v) is 18.0. The zero-order chi connectivity index (χ0) is 23.4. The van der Waals surface area contributed by atoms with Crippen molar-refractivity contribution in [1.29, 1.82) is 0 Å². The minimum absolute atomic E-state index is 0.0420. The molecule has 176 valence electrons. The lowest BCUT2D eigenvalue weighted by Crippen LogP contribution is -2.34. The molecule has 4 heterocycles. The number of benzene rings is 1. The number of nitrogens with one attached hydrogen (secondary N) is 2. The Labute approximate surface area is 186 Å². The lowest BCUT2D eigenvalue weighted by Gasteiger charge is -2.23. The van der Waals surface area contributed by atoms with Gasteiger partial charge in [-0.05, 0) is 42.7 Å². The normalized spacial score (nSPS) is 20.8. The van der Waals surface area contributed by atoms with Gasteiger partial charge in [-0.25, -0.2) is 8.42 Å². The fourth-order valence-corrected chi connectivity index (χ4v) is 5.90. The monoisotopic (exact) mass is 483 g/mol. The summed E-state index contributed by atoms with van der Waals surface area (Å²) < 4.78 is 71.1. The molecule has 2 aliphatic rings. The van der Waals surface area contributed by atoms with Crippen molar-refractivity contribution in [3.05, 3.63) is 46.4 Å². The van der Waals surface area contributed by atoms with Crippen LogP contribution in [-0.2, 0) is 21.3 Å². The molecule has 3 aromatic rings. The summed E-state index contributed by atoms with van der Waals surface area (Å²) in [5, 5.41) is 7.95. The van der Waals surface area contributed by atoms with E-state index in [4.69, 9.17) is 4.74 Å². The second-order valence-corrected chi connectivity index (χ2v) is 9.97. The summed E-state index contributed by atoms with van der Waals surface area (Å²) in [7, 11) is -4.22. The average Bonchev–Trinajstić information content (AvgIpc) is 3.23. The number of fused-ring (bicyclic) bond motifs is 2. The molecule has 0 bridgehead atoms. The SMILES string of the molecule is O=c1[nH]ccc2c1c(Nc1ccc3c(c1)CN(CC(F)(F)F)S3(=O)=O)nn2C1CCCOC1. The third kappa shape index (κ3) is 4.00. The summed E-state index contributed by atoms with van der Waals surface area (Å²) >= 11 is 0. The minimum Gasteiger partial charge on any atom is -0.379 e. The first-order valence-corrected chi connectivity index (χ1v) is 11.7. The van der Waals surface area contributed by atoms with Gasteiger partial charge in [0.2, 0.25) is 10.0 Å². The summed E-state index contributed by atoms with van der Waals surface area (Å²) in [6, 6.07) is 5.88. The molecule has 2 aromatic heterocycles. The highest BCUT2D eigenvalue weighted by molar-refractivity contribution is 7.89. The number of ether oxygens (including phenoxy) is 1. The van der Waals surface area contributed by atoms with Crippen LogP contribution in [-0.4, -0.2) is 53.4 Å². The van der Waals surface area contributed by atoms with E-state index < -0.39 is 22.7 Å². The van der Waals surface area contributed by atoms with Crippen LogP contribution in [0.4, 0.5) is 24.7 Å². The predicted octanol–water partition coefficient (Wildman–Crippen LogP) is 2.89. The highest BCUT2D eigenvalue weighted by Gasteiger charge is 2.42. The molecule has 0 saturated carbocycles. The summed E-state index contributed by atoms with van der Waals surface area (Å²) in [6.07, 6.45) is -1.40. The van der Waals surface area contributed by atoms with Crippen molar-refractivity contribution in [2.75, 3.05) is 25.1 Å². The first-order chi connectivity index (χ1) is 15.6. The van der Waals surface area contributed by atoms with Crippen LogP contribution in [0.2, 0.25) is 0 Å². The van der Waals surface area contributed by atoms with Gasteiger partial charge in [-0.15, -0.1) is 0 Å². The van der Waals surface area contributed by atoms with Gasteiger partial charge in [-0.2, -0.15) is 22.6 Å². The van der Waals surface area contributed by atoms with E-state index in [0.717, 1.165) is 12.8 Å². The van der Waals surface area contributed by atoms with Gasteiger partial charge in [-0.3, -0.25) is 9.48 Å². The summed E-state index contributed by atoms with van der Waals surface area (Å²) in [4.78, 5) is 15.0. The Bertz CT molecular complexity index is 1380. The lowest BCUT2D eigenvalue weighted by atomic mass is 10.1. The maximum atomic E-state index is 12.8. The molecule has 1 atom stereocenters. The number of H-pyrrole nitrogens is 1. The second-order valence-electron chi connectivity index (χ2n) is 8.07. The lowest BCUT2D eigenvalue weighted by molar-refractivity contribution is -0.136. The Morgan fingerprint density at radius 1 is 1.27 bits per heavy atom. The van der Waals surface area contributed by atoms with Crippen molar-refractivity contribution in [3.8, 4) is 0 Å². The molecular formula is C20H20F3N5O4S. The number of hydrogen-bond acceptors (Lipinski definition) is 6. The second kappa shape index (κ2) is 7.85. The van der Waals surface area contributed by atoms with Crippen molar-refractivity contribution in [3.63, 3.8) is 0 Å². The fraction of sp³-hybridized carbons (Fsp3) is 0.400. The standard InChI is InChI=1S/C20H20F3N5O4S/c21-20(22,23)11-27-9-12-8-13(3-4-16(12)33(27,30)31)25-18-17-15(5-6-24-19(17)29)28(26-18)14-2-1-7-32-10-14/h3-6,8,14H,1-2,7,9-11H2,(H,24,29)(H,25,26). The molecule has 0 radical (unpaired) electrons.